The molecule has 3 N–H and O–H groups in total. The van der Waals surface area contributed by atoms with Crippen molar-refractivity contribution in [1.29, 1.82) is 0 Å². The molecule has 4 heteroatoms. The second-order valence-electron chi connectivity index (χ2n) is 4.06. The minimum Gasteiger partial charge on any atom is -0.396 e. The largest absolute Gasteiger partial charge is 0.396 e. The summed E-state index contributed by atoms with van der Waals surface area (Å²) in [5.74, 6) is 0. The van der Waals surface area contributed by atoms with E-state index >= 15 is 0 Å². The van der Waals surface area contributed by atoms with Crippen LogP contribution in [0.25, 0.3) is 0 Å². The quantitative estimate of drug-likeness (QED) is 0.646. The normalized spacial score (nSPS) is 12.6. The number of rotatable bonds is 8. The van der Waals surface area contributed by atoms with Crippen LogP contribution in [-0.2, 0) is 0 Å². The van der Waals surface area contributed by atoms with Gasteiger partial charge in [-0.2, -0.15) is 0 Å². The highest BCUT2D eigenvalue weighted by Gasteiger charge is 2.06. The van der Waals surface area contributed by atoms with Crippen molar-refractivity contribution in [1.82, 2.24) is 5.32 Å². The van der Waals surface area contributed by atoms with Gasteiger partial charge in [0, 0.05) is 17.6 Å². The Morgan fingerprint density at radius 1 is 1.24 bits per heavy atom. The van der Waals surface area contributed by atoms with Crippen LogP contribution in [0.5, 0.6) is 0 Å². The molecule has 0 bridgehead atoms. The fraction of sp³-hybridized carbons (Fsp3) is 0.538. The summed E-state index contributed by atoms with van der Waals surface area (Å²) in [6.45, 7) is 1.71. The molecule has 1 aromatic rings. The van der Waals surface area contributed by atoms with Crippen molar-refractivity contribution in [2.45, 2.75) is 25.4 Å². The Hall–Kier alpha value is -0.420. The Balaban J connectivity index is 2.19. The third-order valence-corrected chi connectivity index (χ3v) is 3.08. The van der Waals surface area contributed by atoms with Crippen molar-refractivity contribution in [3.05, 3.63) is 34.3 Å². The maximum absolute atomic E-state index is 9.92. The molecule has 1 unspecified atom stereocenters. The lowest BCUT2D eigenvalue weighted by Gasteiger charge is -2.12. The van der Waals surface area contributed by atoms with E-state index in [0.717, 1.165) is 35.8 Å². The topological polar surface area (TPSA) is 52.5 Å². The van der Waals surface area contributed by atoms with Gasteiger partial charge in [0.05, 0.1) is 6.10 Å². The zero-order chi connectivity index (χ0) is 12.5. The summed E-state index contributed by atoms with van der Waals surface area (Å²) in [6, 6.07) is 7.71. The Bertz CT molecular complexity index is 320. The standard InChI is InChI=1S/C13H20BrNO2/c14-12-6-4-5-11(9-12)13(17)10-15-7-2-1-3-8-16/h4-6,9,13,15-17H,1-3,7-8,10H2. The monoisotopic (exact) mass is 301 g/mol. The van der Waals surface area contributed by atoms with Gasteiger partial charge in [-0.15, -0.1) is 0 Å². The summed E-state index contributed by atoms with van der Waals surface area (Å²) in [5.41, 5.74) is 0.919. The minimum absolute atomic E-state index is 0.265. The molecule has 0 saturated heterocycles. The van der Waals surface area contributed by atoms with Crippen molar-refractivity contribution in [2.75, 3.05) is 19.7 Å². The number of halogens is 1. The van der Waals surface area contributed by atoms with Crippen molar-refractivity contribution < 1.29 is 10.2 Å². The van der Waals surface area contributed by atoms with Crippen LogP contribution in [0, 0.1) is 0 Å². The Labute approximate surface area is 111 Å². The number of aliphatic hydroxyl groups excluding tert-OH is 2. The van der Waals surface area contributed by atoms with E-state index in [1.807, 2.05) is 24.3 Å². The molecule has 0 aliphatic heterocycles. The van der Waals surface area contributed by atoms with Gasteiger partial charge in [-0.3, -0.25) is 0 Å². The third-order valence-electron chi connectivity index (χ3n) is 2.58. The van der Waals surface area contributed by atoms with Crippen LogP contribution in [0.3, 0.4) is 0 Å². The summed E-state index contributed by atoms with van der Waals surface area (Å²) >= 11 is 3.39. The van der Waals surface area contributed by atoms with Gasteiger partial charge in [-0.1, -0.05) is 28.1 Å². The Kier molecular flexibility index (Phi) is 7.44. The first-order chi connectivity index (χ1) is 8.24. The summed E-state index contributed by atoms with van der Waals surface area (Å²) < 4.78 is 0.983. The minimum atomic E-state index is -0.467. The van der Waals surface area contributed by atoms with Gasteiger partial charge in [-0.25, -0.2) is 0 Å². The number of aliphatic hydroxyl groups is 2. The molecule has 0 aliphatic carbocycles. The van der Waals surface area contributed by atoms with Crippen LogP contribution in [0.4, 0.5) is 0 Å². The molecule has 0 heterocycles. The summed E-state index contributed by atoms with van der Waals surface area (Å²) in [5, 5.41) is 21.8. The molecule has 0 spiro atoms. The Morgan fingerprint density at radius 2 is 2.06 bits per heavy atom. The lowest BCUT2D eigenvalue weighted by Crippen LogP contribution is -2.22. The highest BCUT2D eigenvalue weighted by Crippen LogP contribution is 2.17. The van der Waals surface area contributed by atoms with Gasteiger partial charge < -0.3 is 15.5 Å². The maximum atomic E-state index is 9.92. The molecule has 0 aromatic heterocycles. The molecule has 0 saturated carbocycles. The average molecular weight is 302 g/mol. The van der Waals surface area contributed by atoms with Crippen LogP contribution in [0.1, 0.15) is 30.9 Å². The highest BCUT2D eigenvalue weighted by molar-refractivity contribution is 9.10. The van der Waals surface area contributed by atoms with E-state index in [1.165, 1.54) is 0 Å². The maximum Gasteiger partial charge on any atom is 0.0914 e. The van der Waals surface area contributed by atoms with Gasteiger partial charge in [0.15, 0.2) is 0 Å². The van der Waals surface area contributed by atoms with Crippen LogP contribution >= 0.6 is 15.9 Å². The predicted octanol–water partition coefficient (Wildman–Crippen LogP) is 2.23. The number of hydrogen-bond donors (Lipinski definition) is 3. The van der Waals surface area contributed by atoms with Gasteiger partial charge in [-0.05, 0) is 43.5 Å². The molecule has 96 valence electrons. The molecule has 0 radical (unpaired) electrons. The SMILES string of the molecule is OCCCCCNCC(O)c1cccc(Br)c1. The van der Waals surface area contributed by atoms with E-state index in [1.54, 1.807) is 0 Å². The molecule has 1 rings (SSSR count). The molecule has 0 amide bonds. The van der Waals surface area contributed by atoms with Crippen LogP contribution in [0.15, 0.2) is 28.7 Å². The lowest BCUT2D eigenvalue weighted by atomic mass is 10.1. The van der Waals surface area contributed by atoms with E-state index < -0.39 is 6.10 Å². The highest BCUT2D eigenvalue weighted by atomic mass is 79.9. The molecule has 0 fully saturated rings. The smallest absolute Gasteiger partial charge is 0.0914 e. The van der Waals surface area contributed by atoms with Gasteiger partial charge in [0.1, 0.15) is 0 Å². The van der Waals surface area contributed by atoms with Gasteiger partial charge >= 0.3 is 0 Å². The summed E-state index contributed by atoms with van der Waals surface area (Å²) in [6.07, 6.45) is 2.45. The molecule has 1 aromatic carbocycles. The zero-order valence-corrected chi connectivity index (χ0v) is 11.5. The average Bonchev–Trinajstić information content (AvgIpc) is 2.33. The number of benzene rings is 1. The van der Waals surface area contributed by atoms with E-state index in [9.17, 15) is 5.11 Å². The van der Waals surface area contributed by atoms with Crippen molar-refractivity contribution in [3.63, 3.8) is 0 Å². The molecule has 3 nitrogen and oxygen atoms in total. The first-order valence-electron chi connectivity index (χ1n) is 5.99. The molecular formula is C13H20BrNO2. The van der Waals surface area contributed by atoms with E-state index in [4.69, 9.17) is 5.11 Å². The fourth-order valence-electron chi connectivity index (χ4n) is 1.61. The van der Waals surface area contributed by atoms with Crippen LogP contribution in [0.2, 0.25) is 0 Å². The van der Waals surface area contributed by atoms with E-state index in [0.29, 0.717) is 6.54 Å². The van der Waals surface area contributed by atoms with Crippen molar-refractivity contribution >= 4 is 15.9 Å². The molecule has 0 aliphatic rings. The second-order valence-corrected chi connectivity index (χ2v) is 4.97. The van der Waals surface area contributed by atoms with E-state index in [-0.39, 0.29) is 6.61 Å². The Morgan fingerprint density at radius 3 is 2.76 bits per heavy atom. The number of unbranched alkanes of at least 4 members (excludes halogenated alkanes) is 2. The second kappa shape index (κ2) is 8.64. The fourth-order valence-corrected chi connectivity index (χ4v) is 2.03. The van der Waals surface area contributed by atoms with Gasteiger partial charge in [0.25, 0.3) is 0 Å². The molecular weight excluding hydrogens is 282 g/mol. The van der Waals surface area contributed by atoms with Crippen molar-refractivity contribution in [2.24, 2.45) is 0 Å². The van der Waals surface area contributed by atoms with Crippen LogP contribution in [-0.4, -0.2) is 29.9 Å². The van der Waals surface area contributed by atoms with Crippen molar-refractivity contribution in [3.8, 4) is 0 Å². The van der Waals surface area contributed by atoms with E-state index in [2.05, 4.69) is 21.2 Å². The number of hydrogen-bond acceptors (Lipinski definition) is 3. The number of nitrogens with one attached hydrogen (secondary N) is 1. The summed E-state index contributed by atoms with van der Waals surface area (Å²) in [4.78, 5) is 0. The third kappa shape index (κ3) is 6.17. The molecule has 1 atom stereocenters. The first kappa shape index (κ1) is 14.6. The summed E-state index contributed by atoms with van der Waals surface area (Å²) in [7, 11) is 0. The predicted molar refractivity (Wildman–Crippen MR) is 72.9 cm³/mol. The van der Waals surface area contributed by atoms with Crippen LogP contribution < -0.4 is 5.32 Å². The zero-order valence-electron chi connectivity index (χ0n) is 9.90. The van der Waals surface area contributed by atoms with Gasteiger partial charge in [0.2, 0.25) is 0 Å². The molecule has 17 heavy (non-hydrogen) atoms. The first-order valence-corrected chi connectivity index (χ1v) is 6.78. The lowest BCUT2D eigenvalue weighted by molar-refractivity contribution is 0.174.